The van der Waals surface area contributed by atoms with E-state index in [0.29, 0.717) is 6.42 Å². The summed E-state index contributed by atoms with van der Waals surface area (Å²) in [7, 11) is 0. The van der Waals surface area contributed by atoms with E-state index in [-0.39, 0.29) is 5.78 Å². The summed E-state index contributed by atoms with van der Waals surface area (Å²) in [5.74, 6) is 0.129. The molecule has 0 fully saturated rings. The van der Waals surface area contributed by atoms with Gasteiger partial charge >= 0.3 is 0 Å². The van der Waals surface area contributed by atoms with Crippen molar-refractivity contribution in [2.24, 2.45) is 0 Å². The first kappa shape index (κ1) is 12.2. The number of H-pyrrole nitrogens is 1. The lowest BCUT2D eigenvalue weighted by molar-refractivity contribution is 0.0994. The number of carbonyl (C=O) groups is 1. The van der Waals surface area contributed by atoms with Crippen molar-refractivity contribution in [1.82, 2.24) is 4.98 Å². The Kier molecular flexibility index (Phi) is 3.22. The van der Waals surface area contributed by atoms with Crippen molar-refractivity contribution >= 4 is 32.6 Å². The quantitative estimate of drug-likeness (QED) is 0.716. The first-order valence-electron chi connectivity index (χ1n) is 6.08. The highest BCUT2D eigenvalue weighted by Crippen LogP contribution is 2.27. The van der Waals surface area contributed by atoms with Crippen LogP contribution in [0.25, 0.3) is 10.9 Å². The molecule has 0 amide bonds. The molecule has 3 rings (SSSR count). The van der Waals surface area contributed by atoms with Crippen LogP contribution in [0.1, 0.15) is 15.9 Å². The second kappa shape index (κ2) is 5.02. The molecule has 0 radical (unpaired) electrons. The first-order valence-corrected chi connectivity index (χ1v) is 6.88. The first-order chi connectivity index (χ1) is 9.25. The SMILES string of the molecule is O=C(Cc1ccccc1)c1c[nH]c2cccc(Br)c12. The third-order valence-electron chi connectivity index (χ3n) is 3.16. The molecule has 0 aliphatic heterocycles. The van der Waals surface area contributed by atoms with E-state index in [0.717, 1.165) is 26.5 Å². The van der Waals surface area contributed by atoms with Crippen LogP contribution in [0.15, 0.2) is 59.2 Å². The zero-order valence-corrected chi connectivity index (χ0v) is 11.8. The minimum absolute atomic E-state index is 0.129. The number of Topliss-reactive ketones (excluding diaryl/α,β-unsaturated/α-hetero) is 1. The summed E-state index contributed by atoms with van der Waals surface area (Å²) in [6.07, 6.45) is 2.22. The lowest BCUT2D eigenvalue weighted by Gasteiger charge is -2.01. The number of nitrogens with one attached hydrogen (secondary N) is 1. The van der Waals surface area contributed by atoms with Crippen LogP contribution in [0.4, 0.5) is 0 Å². The number of halogens is 1. The lowest BCUT2D eigenvalue weighted by Crippen LogP contribution is -2.02. The van der Waals surface area contributed by atoms with E-state index >= 15 is 0 Å². The van der Waals surface area contributed by atoms with Gasteiger partial charge in [-0.1, -0.05) is 52.3 Å². The summed E-state index contributed by atoms with van der Waals surface area (Å²) in [4.78, 5) is 15.5. The van der Waals surface area contributed by atoms with Gasteiger partial charge in [0, 0.05) is 33.6 Å². The summed E-state index contributed by atoms with van der Waals surface area (Å²) in [5, 5.41) is 0.962. The molecule has 1 aromatic heterocycles. The zero-order chi connectivity index (χ0) is 13.2. The Morgan fingerprint density at radius 1 is 1.05 bits per heavy atom. The average Bonchev–Trinajstić information content (AvgIpc) is 2.85. The van der Waals surface area contributed by atoms with Crippen LogP contribution in [0.5, 0.6) is 0 Å². The van der Waals surface area contributed by atoms with E-state index in [2.05, 4.69) is 20.9 Å². The number of fused-ring (bicyclic) bond motifs is 1. The van der Waals surface area contributed by atoms with Gasteiger partial charge in [0.05, 0.1) is 0 Å². The van der Waals surface area contributed by atoms with Gasteiger partial charge in [-0.25, -0.2) is 0 Å². The number of rotatable bonds is 3. The zero-order valence-electron chi connectivity index (χ0n) is 10.2. The molecule has 0 aliphatic carbocycles. The maximum atomic E-state index is 12.4. The van der Waals surface area contributed by atoms with Crippen LogP contribution in [0, 0.1) is 0 Å². The van der Waals surface area contributed by atoms with Gasteiger partial charge in [-0.05, 0) is 17.7 Å². The minimum atomic E-state index is 0.129. The van der Waals surface area contributed by atoms with Gasteiger partial charge in [0.1, 0.15) is 0 Å². The molecule has 1 heterocycles. The standard InChI is InChI=1S/C16H12BrNO/c17-13-7-4-8-14-16(13)12(10-18-14)15(19)9-11-5-2-1-3-6-11/h1-8,10,18H,9H2. The van der Waals surface area contributed by atoms with Crippen LogP contribution in [-0.4, -0.2) is 10.8 Å². The van der Waals surface area contributed by atoms with Crippen molar-refractivity contribution in [3.05, 3.63) is 70.3 Å². The molecule has 0 spiro atoms. The highest BCUT2D eigenvalue weighted by atomic mass is 79.9. The normalized spacial score (nSPS) is 10.8. The van der Waals surface area contributed by atoms with Crippen LogP contribution in [0.3, 0.4) is 0 Å². The number of hydrogen-bond acceptors (Lipinski definition) is 1. The van der Waals surface area contributed by atoms with E-state index in [9.17, 15) is 4.79 Å². The topological polar surface area (TPSA) is 32.9 Å². The number of benzene rings is 2. The summed E-state index contributed by atoms with van der Waals surface area (Å²) >= 11 is 3.51. The van der Waals surface area contributed by atoms with Gasteiger partial charge in [-0.2, -0.15) is 0 Å². The number of aromatic amines is 1. The maximum Gasteiger partial charge on any atom is 0.169 e. The van der Waals surface area contributed by atoms with Crippen molar-refractivity contribution in [3.63, 3.8) is 0 Å². The van der Waals surface area contributed by atoms with Crippen molar-refractivity contribution in [2.45, 2.75) is 6.42 Å². The molecule has 2 aromatic carbocycles. The van der Waals surface area contributed by atoms with Crippen LogP contribution >= 0.6 is 15.9 Å². The Bertz CT molecular complexity index is 731. The Hall–Kier alpha value is -1.87. The van der Waals surface area contributed by atoms with Crippen LogP contribution in [0.2, 0.25) is 0 Å². The molecule has 0 aliphatic rings. The summed E-state index contributed by atoms with van der Waals surface area (Å²) in [6, 6.07) is 15.7. The number of ketones is 1. The molecule has 3 aromatic rings. The van der Waals surface area contributed by atoms with Crippen molar-refractivity contribution in [3.8, 4) is 0 Å². The summed E-state index contributed by atoms with van der Waals surface area (Å²) in [5.41, 5.74) is 2.76. The highest BCUT2D eigenvalue weighted by Gasteiger charge is 2.14. The van der Waals surface area contributed by atoms with Crippen molar-refractivity contribution < 1.29 is 4.79 Å². The van der Waals surface area contributed by atoms with Gasteiger partial charge in [0.15, 0.2) is 5.78 Å². The van der Waals surface area contributed by atoms with Gasteiger partial charge in [0.2, 0.25) is 0 Å². The maximum absolute atomic E-state index is 12.4. The Morgan fingerprint density at radius 3 is 2.63 bits per heavy atom. The molecule has 94 valence electrons. The molecule has 0 atom stereocenters. The second-order valence-corrected chi connectivity index (χ2v) is 5.30. The van der Waals surface area contributed by atoms with Gasteiger partial charge in [-0.15, -0.1) is 0 Å². The number of aromatic nitrogens is 1. The fourth-order valence-electron chi connectivity index (χ4n) is 2.24. The van der Waals surface area contributed by atoms with E-state index in [1.165, 1.54) is 0 Å². The highest BCUT2D eigenvalue weighted by molar-refractivity contribution is 9.10. The Labute approximate surface area is 119 Å². The molecular weight excluding hydrogens is 302 g/mol. The molecule has 1 N–H and O–H groups in total. The molecule has 0 bridgehead atoms. The van der Waals surface area contributed by atoms with E-state index < -0.39 is 0 Å². The molecule has 19 heavy (non-hydrogen) atoms. The smallest absolute Gasteiger partial charge is 0.169 e. The van der Waals surface area contributed by atoms with Crippen molar-refractivity contribution in [1.29, 1.82) is 0 Å². The fourth-order valence-corrected chi connectivity index (χ4v) is 2.82. The number of carbonyl (C=O) groups excluding carboxylic acids is 1. The minimum Gasteiger partial charge on any atom is -0.360 e. The van der Waals surface area contributed by atoms with Gasteiger partial charge in [0.25, 0.3) is 0 Å². The molecule has 3 heteroatoms. The van der Waals surface area contributed by atoms with Crippen LogP contribution < -0.4 is 0 Å². The third kappa shape index (κ3) is 2.34. The Morgan fingerprint density at radius 2 is 1.84 bits per heavy atom. The third-order valence-corrected chi connectivity index (χ3v) is 3.82. The van der Waals surface area contributed by atoms with Gasteiger partial charge < -0.3 is 4.98 Å². The molecule has 0 unspecified atom stereocenters. The predicted octanol–water partition coefficient (Wildman–Crippen LogP) is 4.36. The largest absolute Gasteiger partial charge is 0.360 e. The summed E-state index contributed by atoms with van der Waals surface area (Å²) in [6.45, 7) is 0. The molecule has 0 saturated heterocycles. The van der Waals surface area contributed by atoms with E-state index in [1.807, 2.05) is 48.5 Å². The predicted molar refractivity (Wildman–Crippen MR) is 80.5 cm³/mol. The van der Waals surface area contributed by atoms with Gasteiger partial charge in [-0.3, -0.25) is 4.79 Å². The van der Waals surface area contributed by atoms with E-state index in [1.54, 1.807) is 6.20 Å². The Balaban J connectivity index is 1.99. The second-order valence-electron chi connectivity index (χ2n) is 4.45. The summed E-state index contributed by atoms with van der Waals surface area (Å²) < 4.78 is 0.947. The molecular formula is C16H12BrNO. The lowest BCUT2D eigenvalue weighted by atomic mass is 10.0. The van der Waals surface area contributed by atoms with Crippen LogP contribution in [-0.2, 0) is 6.42 Å². The monoisotopic (exact) mass is 313 g/mol. The molecule has 2 nitrogen and oxygen atoms in total. The average molecular weight is 314 g/mol. The fraction of sp³-hybridized carbons (Fsp3) is 0.0625. The van der Waals surface area contributed by atoms with E-state index in [4.69, 9.17) is 0 Å². The molecule has 0 saturated carbocycles. The van der Waals surface area contributed by atoms with Crippen molar-refractivity contribution in [2.75, 3.05) is 0 Å². The number of hydrogen-bond donors (Lipinski definition) is 1.